The smallest absolute Gasteiger partial charge is 0.147 e. The molecule has 0 radical (unpaired) electrons. The van der Waals surface area contributed by atoms with Gasteiger partial charge in [0, 0.05) is 13.0 Å². The van der Waals surface area contributed by atoms with Crippen LogP contribution in [0.4, 0.5) is 10.1 Å². The van der Waals surface area contributed by atoms with Crippen LogP contribution in [0.1, 0.15) is 11.3 Å². The monoisotopic (exact) mass is 230 g/mol. The fourth-order valence-corrected chi connectivity index (χ4v) is 1.50. The predicted molar refractivity (Wildman–Crippen MR) is 62.0 cm³/mol. The molecule has 1 N–H and O–H groups in total. The molecule has 0 fully saturated rings. The van der Waals surface area contributed by atoms with E-state index in [2.05, 4.69) is 5.32 Å². The molecule has 17 heavy (non-hydrogen) atoms. The van der Waals surface area contributed by atoms with E-state index in [4.69, 9.17) is 9.68 Å². The Kier molecular flexibility index (Phi) is 3.41. The summed E-state index contributed by atoms with van der Waals surface area (Å²) < 4.78 is 18.6. The van der Waals surface area contributed by atoms with Crippen LogP contribution < -0.4 is 5.32 Å². The minimum atomic E-state index is -0.413. The van der Waals surface area contributed by atoms with Gasteiger partial charge in [0.15, 0.2) is 0 Å². The predicted octanol–water partition coefficient (Wildman–Crippen LogP) is 2.94. The second kappa shape index (κ2) is 5.17. The van der Waals surface area contributed by atoms with E-state index in [-0.39, 0.29) is 0 Å². The number of benzene rings is 1. The first-order valence-electron chi connectivity index (χ1n) is 5.25. The van der Waals surface area contributed by atoms with E-state index < -0.39 is 5.82 Å². The molecule has 86 valence electrons. The molecule has 0 amide bonds. The molecule has 1 heterocycles. The zero-order valence-electron chi connectivity index (χ0n) is 9.11. The van der Waals surface area contributed by atoms with Gasteiger partial charge in [0.1, 0.15) is 11.6 Å². The molecule has 4 heteroatoms. The highest BCUT2D eigenvalue weighted by Crippen LogP contribution is 2.15. The van der Waals surface area contributed by atoms with Gasteiger partial charge in [0.2, 0.25) is 0 Å². The standard InChI is InChI=1S/C13H11FN2O/c14-12-8-10(9-15)3-4-13(12)16-6-5-11-2-1-7-17-11/h1-4,7-8,16H,5-6H2. The van der Waals surface area contributed by atoms with Crippen molar-refractivity contribution in [3.05, 3.63) is 53.7 Å². The summed E-state index contributed by atoms with van der Waals surface area (Å²) in [6.07, 6.45) is 2.30. The van der Waals surface area contributed by atoms with Crippen LogP contribution in [-0.2, 0) is 6.42 Å². The number of hydrogen-bond acceptors (Lipinski definition) is 3. The number of nitriles is 1. The minimum absolute atomic E-state index is 0.319. The molecule has 0 aliphatic heterocycles. The third kappa shape index (κ3) is 2.85. The zero-order chi connectivity index (χ0) is 12.1. The summed E-state index contributed by atoms with van der Waals surface area (Å²) in [5, 5.41) is 11.6. The third-order valence-corrected chi connectivity index (χ3v) is 2.37. The van der Waals surface area contributed by atoms with Crippen molar-refractivity contribution in [3.63, 3.8) is 0 Å². The molecule has 1 aromatic carbocycles. The van der Waals surface area contributed by atoms with Crippen LogP contribution in [0.5, 0.6) is 0 Å². The Morgan fingerprint density at radius 2 is 2.24 bits per heavy atom. The Labute approximate surface area is 98.5 Å². The molecular formula is C13H11FN2O. The normalized spacial score (nSPS) is 9.88. The number of halogens is 1. The zero-order valence-corrected chi connectivity index (χ0v) is 9.11. The fourth-order valence-electron chi connectivity index (χ4n) is 1.50. The molecule has 2 aromatic rings. The quantitative estimate of drug-likeness (QED) is 0.878. The first kappa shape index (κ1) is 11.2. The van der Waals surface area contributed by atoms with E-state index in [1.54, 1.807) is 18.4 Å². The lowest BCUT2D eigenvalue weighted by Gasteiger charge is -2.06. The molecule has 0 saturated heterocycles. The number of furan rings is 1. The van der Waals surface area contributed by atoms with Gasteiger partial charge in [-0.2, -0.15) is 5.26 Å². The summed E-state index contributed by atoms with van der Waals surface area (Å²) in [7, 11) is 0. The maximum absolute atomic E-state index is 13.5. The van der Waals surface area contributed by atoms with E-state index >= 15 is 0 Å². The molecule has 0 saturated carbocycles. The molecule has 0 spiro atoms. The van der Waals surface area contributed by atoms with Gasteiger partial charge < -0.3 is 9.73 Å². The lowest BCUT2D eigenvalue weighted by Crippen LogP contribution is -2.05. The molecule has 1 aromatic heterocycles. The average Bonchev–Trinajstić information content (AvgIpc) is 2.84. The van der Waals surface area contributed by atoms with Crippen LogP contribution in [-0.4, -0.2) is 6.54 Å². The van der Waals surface area contributed by atoms with Crippen LogP contribution in [0.15, 0.2) is 41.0 Å². The Morgan fingerprint density at radius 1 is 1.35 bits per heavy atom. The number of hydrogen-bond donors (Lipinski definition) is 1. The van der Waals surface area contributed by atoms with Gasteiger partial charge in [-0.1, -0.05) is 0 Å². The maximum atomic E-state index is 13.5. The molecule has 0 aliphatic rings. The van der Waals surface area contributed by atoms with E-state index in [0.717, 1.165) is 5.76 Å². The molecule has 0 atom stereocenters. The van der Waals surface area contributed by atoms with Gasteiger partial charge in [-0.15, -0.1) is 0 Å². The van der Waals surface area contributed by atoms with Crippen LogP contribution in [0.25, 0.3) is 0 Å². The highest BCUT2D eigenvalue weighted by atomic mass is 19.1. The SMILES string of the molecule is N#Cc1ccc(NCCc2ccco2)c(F)c1. The summed E-state index contributed by atoms with van der Waals surface area (Å²) in [4.78, 5) is 0. The van der Waals surface area contributed by atoms with Crippen molar-refractivity contribution < 1.29 is 8.81 Å². The molecular weight excluding hydrogens is 219 g/mol. The molecule has 0 aliphatic carbocycles. The second-order valence-corrected chi connectivity index (χ2v) is 3.56. The van der Waals surface area contributed by atoms with Crippen molar-refractivity contribution in [2.24, 2.45) is 0 Å². The molecule has 0 unspecified atom stereocenters. The van der Waals surface area contributed by atoms with Crippen molar-refractivity contribution in [2.45, 2.75) is 6.42 Å². The second-order valence-electron chi connectivity index (χ2n) is 3.56. The number of nitrogens with one attached hydrogen (secondary N) is 1. The molecule has 0 bridgehead atoms. The van der Waals surface area contributed by atoms with Crippen molar-refractivity contribution in [1.82, 2.24) is 0 Å². The van der Waals surface area contributed by atoms with E-state index in [9.17, 15) is 4.39 Å². The molecule has 3 nitrogen and oxygen atoms in total. The highest BCUT2D eigenvalue weighted by Gasteiger charge is 2.03. The van der Waals surface area contributed by atoms with Gasteiger partial charge in [0.05, 0.1) is 23.6 Å². The third-order valence-electron chi connectivity index (χ3n) is 2.37. The number of rotatable bonds is 4. The first-order chi connectivity index (χ1) is 8.29. The number of nitrogens with zero attached hydrogens (tertiary/aromatic N) is 1. The summed E-state index contributed by atoms with van der Waals surface area (Å²) in [5.41, 5.74) is 0.717. The highest BCUT2D eigenvalue weighted by molar-refractivity contribution is 5.48. The first-order valence-corrected chi connectivity index (χ1v) is 5.25. The van der Waals surface area contributed by atoms with E-state index in [0.29, 0.717) is 24.2 Å². The van der Waals surface area contributed by atoms with Crippen molar-refractivity contribution in [2.75, 3.05) is 11.9 Å². The summed E-state index contributed by atoms with van der Waals surface area (Å²) in [6, 6.07) is 9.94. The van der Waals surface area contributed by atoms with Gasteiger partial charge in [0.25, 0.3) is 0 Å². The minimum Gasteiger partial charge on any atom is -0.469 e. The number of anilines is 1. The maximum Gasteiger partial charge on any atom is 0.147 e. The lowest BCUT2D eigenvalue weighted by molar-refractivity contribution is 0.512. The van der Waals surface area contributed by atoms with E-state index in [1.807, 2.05) is 18.2 Å². The van der Waals surface area contributed by atoms with Crippen LogP contribution in [0.3, 0.4) is 0 Å². The topological polar surface area (TPSA) is 49.0 Å². The Morgan fingerprint density at radius 3 is 2.88 bits per heavy atom. The van der Waals surface area contributed by atoms with Crippen molar-refractivity contribution in [1.29, 1.82) is 5.26 Å². The summed E-state index contributed by atoms with van der Waals surface area (Å²) >= 11 is 0. The fraction of sp³-hybridized carbons (Fsp3) is 0.154. The largest absolute Gasteiger partial charge is 0.469 e. The Bertz CT molecular complexity index is 529. The molecule has 2 rings (SSSR count). The Balaban J connectivity index is 1.93. The van der Waals surface area contributed by atoms with Crippen LogP contribution in [0.2, 0.25) is 0 Å². The summed E-state index contributed by atoms with van der Waals surface area (Å²) in [5.74, 6) is 0.440. The Hall–Kier alpha value is -2.28. The van der Waals surface area contributed by atoms with Gasteiger partial charge in [-0.25, -0.2) is 4.39 Å². The van der Waals surface area contributed by atoms with Gasteiger partial charge >= 0.3 is 0 Å². The van der Waals surface area contributed by atoms with Crippen molar-refractivity contribution >= 4 is 5.69 Å². The van der Waals surface area contributed by atoms with Crippen LogP contribution >= 0.6 is 0 Å². The summed E-state index contributed by atoms with van der Waals surface area (Å²) in [6.45, 7) is 0.580. The van der Waals surface area contributed by atoms with Gasteiger partial charge in [-0.3, -0.25) is 0 Å². The van der Waals surface area contributed by atoms with Gasteiger partial charge in [-0.05, 0) is 30.3 Å². The lowest BCUT2D eigenvalue weighted by atomic mass is 10.2. The average molecular weight is 230 g/mol. The van der Waals surface area contributed by atoms with Crippen LogP contribution in [0, 0.1) is 17.1 Å². The van der Waals surface area contributed by atoms with Crippen molar-refractivity contribution in [3.8, 4) is 6.07 Å². The van der Waals surface area contributed by atoms with E-state index in [1.165, 1.54) is 6.07 Å².